The second kappa shape index (κ2) is 5.47. The SMILES string of the molecule is C#CC(O)c1cc2c(s1)CCN(C(=O)OC(C)(C)C)C2. The van der Waals surface area contributed by atoms with E-state index in [4.69, 9.17) is 11.2 Å². The van der Waals surface area contributed by atoms with E-state index in [-0.39, 0.29) is 6.09 Å². The van der Waals surface area contributed by atoms with Crippen LogP contribution in [0.5, 0.6) is 0 Å². The molecule has 108 valence electrons. The number of rotatable bonds is 1. The summed E-state index contributed by atoms with van der Waals surface area (Å²) in [6, 6.07) is 1.89. The maximum atomic E-state index is 12.0. The molecule has 1 aliphatic heterocycles. The smallest absolute Gasteiger partial charge is 0.410 e. The van der Waals surface area contributed by atoms with Crippen LogP contribution < -0.4 is 0 Å². The standard InChI is InChI=1S/C15H19NO3S/c1-5-11(17)13-8-10-9-16(7-6-12(10)20-13)14(18)19-15(2,3)4/h1,8,11,17H,6-7,9H2,2-4H3. The third-order valence-corrected chi connectivity index (χ3v) is 4.25. The van der Waals surface area contributed by atoms with E-state index < -0.39 is 11.7 Å². The molecule has 1 aromatic heterocycles. The summed E-state index contributed by atoms with van der Waals surface area (Å²) in [6.45, 7) is 6.71. The van der Waals surface area contributed by atoms with E-state index in [0.717, 1.165) is 16.9 Å². The fourth-order valence-corrected chi connectivity index (χ4v) is 3.17. The molecule has 0 fully saturated rings. The van der Waals surface area contributed by atoms with Crippen molar-refractivity contribution < 1.29 is 14.6 Å². The van der Waals surface area contributed by atoms with Crippen molar-refractivity contribution in [2.45, 2.75) is 45.4 Å². The first-order valence-corrected chi connectivity index (χ1v) is 7.35. The van der Waals surface area contributed by atoms with Crippen LogP contribution in [0.15, 0.2) is 6.07 Å². The molecule has 2 heterocycles. The van der Waals surface area contributed by atoms with E-state index in [1.165, 1.54) is 16.2 Å². The third-order valence-electron chi connectivity index (χ3n) is 2.96. The zero-order valence-electron chi connectivity index (χ0n) is 12.0. The van der Waals surface area contributed by atoms with E-state index in [9.17, 15) is 9.90 Å². The lowest BCUT2D eigenvalue weighted by atomic mass is 10.1. The highest BCUT2D eigenvalue weighted by Gasteiger charge is 2.27. The van der Waals surface area contributed by atoms with Crippen molar-refractivity contribution in [2.24, 2.45) is 0 Å². The van der Waals surface area contributed by atoms with Crippen LogP contribution in [0.3, 0.4) is 0 Å². The number of carbonyl (C=O) groups excluding carboxylic acids is 1. The summed E-state index contributed by atoms with van der Waals surface area (Å²) < 4.78 is 5.38. The minimum Gasteiger partial charge on any atom is -0.444 e. The van der Waals surface area contributed by atoms with Gasteiger partial charge in [0, 0.05) is 16.3 Å². The first-order chi connectivity index (χ1) is 9.30. The molecule has 1 atom stereocenters. The number of terminal acetylenes is 1. The average molecular weight is 293 g/mol. The second-order valence-electron chi connectivity index (χ2n) is 5.82. The Morgan fingerprint density at radius 3 is 2.90 bits per heavy atom. The van der Waals surface area contributed by atoms with Gasteiger partial charge in [-0.15, -0.1) is 17.8 Å². The maximum Gasteiger partial charge on any atom is 0.410 e. The van der Waals surface area contributed by atoms with E-state index in [1.54, 1.807) is 4.90 Å². The number of nitrogens with zero attached hydrogens (tertiary/aromatic N) is 1. The number of aliphatic hydroxyl groups is 1. The van der Waals surface area contributed by atoms with Crippen LogP contribution in [0.1, 0.15) is 42.2 Å². The summed E-state index contributed by atoms with van der Waals surface area (Å²) in [5.41, 5.74) is 0.563. The Bertz CT molecular complexity index is 550. The highest BCUT2D eigenvalue weighted by atomic mass is 32.1. The van der Waals surface area contributed by atoms with Crippen LogP contribution >= 0.6 is 11.3 Å². The molecule has 1 amide bonds. The number of fused-ring (bicyclic) bond motifs is 1. The topological polar surface area (TPSA) is 49.8 Å². The number of carbonyl (C=O) groups is 1. The summed E-state index contributed by atoms with van der Waals surface area (Å²) in [5, 5.41) is 9.68. The van der Waals surface area contributed by atoms with Gasteiger partial charge in [-0.3, -0.25) is 0 Å². The molecule has 2 rings (SSSR count). The molecule has 1 aromatic rings. The molecule has 5 heteroatoms. The molecule has 1 aliphatic rings. The molecule has 0 spiro atoms. The van der Waals surface area contributed by atoms with Crippen molar-refractivity contribution in [3.05, 3.63) is 21.4 Å². The van der Waals surface area contributed by atoms with E-state index in [2.05, 4.69) is 5.92 Å². The van der Waals surface area contributed by atoms with Crippen molar-refractivity contribution in [3.8, 4) is 12.3 Å². The van der Waals surface area contributed by atoms with Gasteiger partial charge in [-0.2, -0.15) is 0 Å². The normalized spacial score (nSPS) is 16.2. The lowest BCUT2D eigenvalue weighted by molar-refractivity contribution is 0.0225. The van der Waals surface area contributed by atoms with Crippen molar-refractivity contribution in [2.75, 3.05) is 6.54 Å². The maximum absolute atomic E-state index is 12.0. The monoisotopic (exact) mass is 293 g/mol. The summed E-state index contributed by atoms with van der Waals surface area (Å²) in [5.74, 6) is 2.32. The van der Waals surface area contributed by atoms with Gasteiger partial charge in [0.1, 0.15) is 11.7 Å². The zero-order valence-corrected chi connectivity index (χ0v) is 12.8. The van der Waals surface area contributed by atoms with E-state index in [1.807, 2.05) is 26.8 Å². The number of amides is 1. The molecular weight excluding hydrogens is 274 g/mol. The Balaban J connectivity index is 2.09. The molecule has 0 aliphatic carbocycles. The van der Waals surface area contributed by atoms with Crippen LogP contribution in [0.2, 0.25) is 0 Å². The minimum absolute atomic E-state index is 0.298. The van der Waals surface area contributed by atoms with Gasteiger partial charge in [-0.25, -0.2) is 4.79 Å². The quantitative estimate of drug-likeness (QED) is 0.810. The molecular formula is C15H19NO3S. The second-order valence-corrected chi connectivity index (χ2v) is 6.99. The fraction of sp³-hybridized carbons (Fsp3) is 0.533. The van der Waals surface area contributed by atoms with Gasteiger partial charge in [0.15, 0.2) is 0 Å². The van der Waals surface area contributed by atoms with Crippen LogP contribution in [-0.4, -0.2) is 28.2 Å². The third kappa shape index (κ3) is 3.33. The van der Waals surface area contributed by atoms with Gasteiger partial charge in [-0.1, -0.05) is 5.92 Å². The first kappa shape index (κ1) is 14.9. The van der Waals surface area contributed by atoms with Gasteiger partial charge in [0.05, 0.1) is 6.54 Å². The summed E-state index contributed by atoms with van der Waals surface area (Å²) in [4.78, 5) is 15.7. The largest absolute Gasteiger partial charge is 0.444 e. The Morgan fingerprint density at radius 2 is 2.30 bits per heavy atom. The predicted octanol–water partition coefficient (Wildman–Crippen LogP) is 2.71. The van der Waals surface area contributed by atoms with Crippen molar-refractivity contribution in [1.82, 2.24) is 4.90 Å². The molecule has 20 heavy (non-hydrogen) atoms. The van der Waals surface area contributed by atoms with E-state index in [0.29, 0.717) is 13.1 Å². The zero-order chi connectivity index (χ0) is 14.9. The average Bonchev–Trinajstić information content (AvgIpc) is 2.78. The number of thiophene rings is 1. The van der Waals surface area contributed by atoms with Crippen LogP contribution in [0.25, 0.3) is 0 Å². The van der Waals surface area contributed by atoms with E-state index >= 15 is 0 Å². The van der Waals surface area contributed by atoms with Crippen LogP contribution in [0, 0.1) is 12.3 Å². The Hall–Kier alpha value is -1.51. The summed E-state index contributed by atoms with van der Waals surface area (Å²) in [6.07, 6.45) is 4.84. The Kier molecular flexibility index (Phi) is 4.07. The number of hydrogen-bond acceptors (Lipinski definition) is 4. The molecule has 4 nitrogen and oxygen atoms in total. The van der Waals surface area contributed by atoms with Gasteiger partial charge >= 0.3 is 6.09 Å². The fourth-order valence-electron chi connectivity index (χ4n) is 2.06. The Labute approximate surface area is 123 Å². The van der Waals surface area contributed by atoms with Crippen molar-refractivity contribution in [3.63, 3.8) is 0 Å². The summed E-state index contributed by atoms with van der Waals surface area (Å²) in [7, 11) is 0. The highest BCUT2D eigenvalue weighted by Crippen LogP contribution is 2.32. The predicted molar refractivity (Wildman–Crippen MR) is 78.5 cm³/mol. The molecule has 0 bridgehead atoms. The number of hydrogen-bond donors (Lipinski definition) is 1. The molecule has 1 N–H and O–H groups in total. The molecule has 0 radical (unpaired) electrons. The van der Waals surface area contributed by atoms with Crippen molar-refractivity contribution >= 4 is 17.4 Å². The molecule has 0 saturated heterocycles. The van der Waals surface area contributed by atoms with Gasteiger partial charge < -0.3 is 14.7 Å². The first-order valence-electron chi connectivity index (χ1n) is 6.54. The minimum atomic E-state index is -0.861. The Morgan fingerprint density at radius 1 is 1.60 bits per heavy atom. The molecule has 0 saturated carbocycles. The number of ether oxygens (including phenoxy) is 1. The number of aliphatic hydroxyl groups excluding tert-OH is 1. The van der Waals surface area contributed by atoms with Crippen LogP contribution in [-0.2, 0) is 17.7 Å². The van der Waals surface area contributed by atoms with Crippen LogP contribution in [0.4, 0.5) is 4.79 Å². The highest BCUT2D eigenvalue weighted by molar-refractivity contribution is 7.12. The van der Waals surface area contributed by atoms with Gasteiger partial charge in [-0.05, 0) is 38.8 Å². The van der Waals surface area contributed by atoms with Gasteiger partial charge in [0.25, 0.3) is 0 Å². The molecule has 0 aromatic carbocycles. The summed E-state index contributed by atoms with van der Waals surface area (Å²) >= 11 is 1.52. The lowest BCUT2D eigenvalue weighted by Crippen LogP contribution is -2.39. The molecule has 1 unspecified atom stereocenters. The van der Waals surface area contributed by atoms with Gasteiger partial charge in [0.2, 0.25) is 0 Å². The van der Waals surface area contributed by atoms with Crippen molar-refractivity contribution in [1.29, 1.82) is 0 Å². The lowest BCUT2D eigenvalue weighted by Gasteiger charge is -2.29.